The molecule has 0 bridgehead atoms. The first-order chi connectivity index (χ1) is 9.88. The van der Waals surface area contributed by atoms with Crippen molar-refractivity contribution in [2.45, 2.75) is 11.4 Å². The summed E-state index contributed by atoms with van der Waals surface area (Å²) in [7, 11) is -3.49. The minimum atomic E-state index is -3.49. The van der Waals surface area contributed by atoms with E-state index in [4.69, 9.17) is 0 Å². The lowest BCUT2D eigenvalue weighted by Crippen LogP contribution is -2.24. The number of nitrogens with one attached hydrogen (secondary N) is 1. The van der Waals surface area contributed by atoms with Crippen LogP contribution in [0.4, 0.5) is 4.39 Å². The first-order valence-electron chi connectivity index (χ1n) is 6.19. The molecule has 0 atom stereocenters. The molecular weight excluding hydrogens is 293 g/mol. The number of amides is 1. The molecule has 0 aliphatic heterocycles. The first-order valence-corrected chi connectivity index (χ1v) is 8.09. The Bertz CT molecular complexity index is 772. The van der Waals surface area contributed by atoms with Gasteiger partial charge in [-0.15, -0.1) is 0 Å². The Kier molecular flexibility index (Phi) is 4.37. The number of hydrogen-bond donors (Lipinski definition) is 1. The Labute approximate surface area is 122 Å². The third kappa shape index (κ3) is 3.88. The normalized spacial score (nSPS) is 11.1. The lowest BCUT2D eigenvalue weighted by atomic mass is 10.2. The number of hydrogen-bond acceptors (Lipinski definition) is 3. The van der Waals surface area contributed by atoms with Gasteiger partial charge < -0.3 is 5.32 Å². The van der Waals surface area contributed by atoms with E-state index in [0.29, 0.717) is 5.56 Å². The maximum atomic E-state index is 13.0. The topological polar surface area (TPSA) is 63.2 Å². The van der Waals surface area contributed by atoms with Crippen molar-refractivity contribution in [2.75, 3.05) is 6.26 Å². The van der Waals surface area contributed by atoms with E-state index in [9.17, 15) is 17.6 Å². The molecule has 4 nitrogen and oxygen atoms in total. The van der Waals surface area contributed by atoms with Crippen LogP contribution in [-0.4, -0.2) is 20.6 Å². The standard InChI is InChI=1S/C15H14FNO3S/c1-21(19,20)14-8-3-2-7-13(14)15(18)17-10-11-5-4-6-12(16)9-11/h2-9H,10H2,1H3,(H,17,18). The van der Waals surface area contributed by atoms with Crippen molar-refractivity contribution in [2.24, 2.45) is 0 Å². The molecule has 2 aromatic rings. The van der Waals surface area contributed by atoms with E-state index in [0.717, 1.165) is 6.26 Å². The first kappa shape index (κ1) is 15.2. The zero-order chi connectivity index (χ0) is 15.5. The number of benzene rings is 2. The molecule has 0 heterocycles. The minimum absolute atomic E-state index is 0.0262. The monoisotopic (exact) mass is 307 g/mol. The Balaban J connectivity index is 2.18. The molecule has 2 aromatic carbocycles. The minimum Gasteiger partial charge on any atom is -0.348 e. The molecule has 0 fully saturated rings. The number of sulfone groups is 1. The molecule has 0 unspecified atom stereocenters. The van der Waals surface area contributed by atoms with E-state index < -0.39 is 21.6 Å². The smallest absolute Gasteiger partial charge is 0.252 e. The number of rotatable bonds is 4. The van der Waals surface area contributed by atoms with Gasteiger partial charge in [0.25, 0.3) is 5.91 Å². The lowest BCUT2D eigenvalue weighted by molar-refractivity contribution is 0.0947. The highest BCUT2D eigenvalue weighted by Gasteiger charge is 2.17. The highest BCUT2D eigenvalue weighted by molar-refractivity contribution is 7.90. The van der Waals surface area contributed by atoms with Crippen molar-refractivity contribution in [1.82, 2.24) is 5.32 Å². The maximum absolute atomic E-state index is 13.0. The largest absolute Gasteiger partial charge is 0.348 e. The van der Waals surface area contributed by atoms with Gasteiger partial charge >= 0.3 is 0 Å². The van der Waals surface area contributed by atoms with Gasteiger partial charge in [-0.1, -0.05) is 24.3 Å². The van der Waals surface area contributed by atoms with Crippen molar-refractivity contribution in [1.29, 1.82) is 0 Å². The summed E-state index contributed by atoms with van der Waals surface area (Å²) in [5.41, 5.74) is 0.677. The van der Waals surface area contributed by atoms with Crippen molar-refractivity contribution in [3.8, 4) is 0 Å². The van der Waals surface area contributed by atoms with Gasteiger partial charge in [0.1, 0.15) is 5.82 Å². The highest BCUT2D eigenvalue weighted by Crippen LogP contribution is 2.15. The fourth-order valence-corrected chi connectivity index (χ4v) is 2.79. The van der Waals surface area contributed by atoms with E-state index in [1.165, 1.54) is 24.3 Å². The summed E-state index contributed by atoms with van der Waals surface area (Å²) in [5.74, 6) is -0.904. The van der Waals surface area contributed by atoms with Gasteiger partial charge in [0.2, 0.25) is 0 Å². The second-order valence-corrected chi connectivity index (χ2v) is 6.57. The van der Waals surface area contributed by atoms with Crippen LogP contribution < -0.4 is 5.32 Å². The Hall–Kier alpha value is -2.21. The molecule has 1 N–H and O–H groups in total. The zero-order valence-corrected chi connectivity index (χ0v) is 12.2. The Morgan fingerprint density at radius 1 is 1.14 bits per heavy atom. The molecule has 6 heteroatoms. The average molecular weight is 307 g/mol. The van der Waals surface area contributed by atoms with Gasteiger partial charge in [-0.2, -0.15) is 0 Å². The van der Waals surface area contributed by atoms with Gasteiger partial charge in [-0.25, -0.2) is 12.8 Å². The van der Waals surface area contributed by atoms with Crippen LogP contribution in [-0.2, 0) is 16.4 Å². The molecule has 0 saturated carbocycles. The Morgan fingerprint density at radius 2 is 1.86 bits per heavy atom. The zero-order valence-electron chi connectivity index (χ0n) is 11.3. The van der Waals surface area contributed by atoms with Crippen LogP contribution in [0.1, 0.15) is 15.9 Å². The van der Waals surface area contributed by atoms with Gasteiger partial charge in [0.15, 0.2) is 9.84 Å². The van der Waals surface area contributed by atoms with Gasteiger partial charge in [-0.3, -0.25) is 4.79 Å². The van der Waals surface area contributed by atoms with E-state index >= 15 is 0 Å². The summed E-state index contributed by atoms with van der Waals surface area (Å²) >= 11 is 0. The van der Waals surface area contributed by atoms with Crippen LogP contribution in [0.2, 0.25) is 0 Å². The summed E-state index contributed by atoms with van der Waals surface area (Å²) in [5, 5.41) is 2.58. The third-order valence-electron chi connectivity index (χ3n) is 2.87. The molecule has 0 saturated heterocycles. The van der Waals surface area contributed by atoms with Crippen molar-refractivity contribution in [3.63, 3.8) is 0 Å². The summed E-state index contributed by atoms with van der Waals surface area (Å²) in [6, 6.07) is 11.8. The molecule has 0 radical (unpaired) electrons. The quantitative estimate of drug-likeness (QED) is 0.941. The summed E-state index contributed by atoms with van der Waals surface area (Å²) < 4.78 is 36.3. The SMILES string of the molecule is CS(=O)(=O)c1ccccc1C(=O)NCc1cccc(F)c1. The molecule has 21 heavy (non-hydrogen) atoms. The van der Waals surface area contributed by atoms with Crippen LogP contribution in [0.15, 0.2) is 53.4 Å². The maximum Gasteiger partial charge on any atom is 0.252 e. The van der Waals surface area contributed by atoms with Crippen molar-refractivity contribution >= 4 is 15.7 Å². The molecule has 110 valence electrons. The van der Waals surface area contributed by atoms with Crippen LogP contribution in [0, 0.1) is 5.82 Å². The molecule has 0 spiro atoms. The van der Waals surface area contributed by atoms with Gasteiger partial charge in [0, 0.05) is 12.8 Å². The molecule has 0 aliphatic rings. The number of halogens is 1. The van der Waals surface area contributed by atoms with Gasteiger partial charge in [0.05, 0.1) is 10.5 Å². The third-order valence-corrected chi connectivity index (χ3v) is 4.03. The van der Waals surface area contributed by atoms with Gasteiger partial charge in [-0.05, 0) is 29.8 Å². The van der Waals surface area contributed by atoms with E-state index in [-0.39, 0.29) is 17.0 Å². The number of carbonyl (C=O) groups excluding carboxylic acids is 1. The number of carbonyl (C=O) groups is 1. The van der Waals surface area contributed by atoms with Crippen LogP contribution in [0.25, 0.3) is 0 Å². The van der Waals surface area contributed by atoms with Crippen molar-refractivity contribution < 1.29 is 17.6 Å². The second kappa shape index (κ2) is 6.05. The van der Waals surface area contributed by atoms with Crippen LogP contribution >= 0.6 is 0 Å². The highest BCUT2D eigenvalue weighted by atomic mass is 32.2. The molecule has 0 aliphatic carbocycles. The molecule has 1 amide bonds. The average Bonchev–Trinajstić information content (AvgIpc) is 2.44. The lowest BCUT2D eigenvalue weighted by Gasteiger charge is -2.09. The van der Waals surface area contributed by atoms with Crippen LogP contribution in [0.5, 0.6) is 0 Å². The summed E-state index contributed by atoms with van der Waals surface area (Å²) in [4.78, 5) is 12.1. The van der Waals surface area contributed by atoms with E-state index in [2.05, 4.69) is 5.32 Å². The van der Waals surface area contributed by atoms with E-state index in [1.807, 2.05) is 0 Å². The predicted octanol–water partition coefficient (Wildman–Crippen LogP) is 2.16. The van der Waals surface area contributed by atoms with Crippen LogP contribution in [0.3, 0.4) is 0 Å². The predicted molar refractivity (Wildman–Crippen MR) is 77.1 cm³/mol. The van der Waals surface area contributed by atoms with E-state index in [1.54, 1.807) is 24.3 Å². The second-order valence-electron chi connectivity index (χ2n) is 4.58. The Morgan fingerprint density at radius 3 is 2.52 bits per heavy atom. The fourth-order valence-electron chi connectivity index (χ4n) is 1.90. The molecule has 2 rings (SSSR count). The molecule has 0 aromatic heterocycles. The summed E-state index contributed by atoms with van der Waals surface area (Å²) in [6.07, 6.45) is 1.05. The molecular formula is C15H14FNO3S. The summed E-state index contributed by atoms with van der Waals surface area (Å²) in [6.45, 7) is 0.120. The fraction of sp³-hybridized carbons (Fsp3) is 0.133. The van der Waals surface area contributed by atoms with Crippen molar-refractivity contribution in [3.05, 3.63) is 65.5 Å².